The average molecular weight is 403 g/mol. The number of phenols is 1. The molecule has 0 aliphatic heterocycles. The van der Waals surface area contributed by atoms with E-state index in [0.717, 1.165) is 22.3 Å². The molecule has 1 aliphatic carbocycles. The van der Waals surface area contributed by atoms with Gasteiger partial charge in [-0.15, -0.1) is 0 Å². The average Bonchev–Trinajstić information content (AvgIpc) is 3.06. The highest BCUT2D eigenvalue weighted by Crippen LogP contribution is 2.44. The molecule has 0 aromatic heterocycles. The van der Waals surface area contributed by atoms with Gasteiger partial charge >= 0.3 is 11.9 Å². The molecule has 0 saturated heterocycles. The largest absolute Gasteiger partial charge is 0.508 e. The molecule has 4 N–H and O–H groups in total. The SMILES string of the molecule is NC(c1ccc(O)cc1)[C@@H](C(=O)O)C(=O)OCC1c2ccccc2-c2ccccc21. The second-order valence-corrected chi connectivity index (χ2v) is 7.29. The lowest BCUT2D eigenvalue weighted by Crippen LogP contribution is -2.36. The summed E-state index contributed by atoms with van der Waals surface area (Å²) in [5.74, 6) is -3.93. The monoisotopic (exact) mass is 403 g/mol. The summed E-state index contributed by atoms with van der Waals surface area (Å²) in [6.07, 6.45) is 0. The fourth-order valence-corrected chi connectivity index (χ4v) is 3.98. The minimum atomic E-state index is -1.55. The van der Waals surface area contributed by atoms with Gasteiger partial charge in [0, 0.05) is 5.92 Å². The number of nitrogens with two attached hydrogens (primary N) is 1. The van der Waals surface area contributed by atoms with E-state index in [1.807, 2.05) is 48.5 Å². The van der Waals surface area contributed by atoms with E-state index in [0.29, 0.717) is 5.56 Å². The molecule has 30 heavy (non-hydrogen) atoms. The molecule has 0 amide bonds. The summed E-state index contributed by atoms with van der Waals surface area (Å²) in [6, 6.07) is 20.5. The molecule has 2 atom stereocenters. The van der Waals surface area contributed by atoms with Gasteiger partial charge in [-0.1, -0.05) is 60.7 Å². The van der Waals surface area contributed by atoms with Gasteiger partial charge in [0.15, 0.2) is 5.92 Å². The summed E-state index contributed by atoms with van der Waals surface area (Å²) >= 11 is 0. The minimum absolute atomic E-state index is 0.0267. The topological polar surface area (TPSA) is 110 Å². The summed E-state index contributed by atoms with van der Waals surface area (Å²) in [6.45, 7) is 0.0267. The van der Waals surface area contributed by atoms with E-state index in [1.54, 1.807) is 0 Å². The van der Waals surface area contributed by atoms with E-state index < -0.39 is 23.9 Å². The van der Waals surface area contributed by atoms with Crippen LogP contribution in [-0.4, -0.2) is 28.8 Å². The fraction of sp³-hybridized carbons (Fsp3) is 0.167. The first-order valence-corrected chi connectivity index (χ1v) is 9.59. The number of hydrogen-bond acceptors (Lipinski definition) is 5. The van der Waals surface area contributed by atoms with Crippen molar-refractivity contribution in [2.75, 3.05) is 6.61 Å². The normalized spacial score (nSPS) is 14.4. The number of ether oxygens (including phenoxy) is 1. The van der Waals surface area contributed by atoms with E-state index in [-0.39, 0.29) is 18.3 Å². The standard InChI is InChI=1S/C24H21NO5/c25-22(14-9-11-15(26)12-10-14)21(23(27)28)24(29)30-13-20-18-7-3-1-5-16(18)17-6-2-4-8-19(17)20/h1-12,20-22,26H,13,25H2,(H,27,28)/t21-,22?/m0/s1. The van der Waals surface area contributed by atoms with Crippen molar-refractivity contribution in [3.05, 3.63) is 89.5 Å². The summed E-state index contributed by atoms with van der Waals surface area (Å²) < 4.78 is 5.48. The Balaban J connectivity index is 1.54. The van der Waals surface area contributed by atoms with Gasteiger partial charge in [0.1, 0.15) is 12.4 Å². The minimum Gasteiger partial charge on any atom is -0.508 e. The zero-order chi connectivity index (χ0) is 21.3. The summed E-state index contributed by atoms with van der Waals surface area (Å²) in [7, 11) is 0. The van der Waals surface area contributed by atoms with Crippen LogP contribution >= 0.6 is 0 Å². The Morgan fingerprint density at radius 1 is 0.900 bits per heavy atom. The van der Waals surface area contributed by atoms with Gasteiger partial charge in [-0.05, 0) is 39.9 Å². The van der Waals surface area contributed by atoms with Crippen LogP contribution in [0.25, 0.3) is 11.1 Å². The van der Waals surface area contributed by atoms with E-state index in [9.17, 15) is 19.8 Å². The van der Waals surface area contributed by atoms with Crippen LogP contribution in [0.5, 0.6) is 5.75 Å². The van der Waals surface area contributed by atoms with Crippen molar-refractivity contribution in [2.45, 2.75) is 12.0 Å². The molecule has 0 radical (unpaired) electrons. The third-order valence-electron chi connectivity index (χ3n) is 5.51. The smallest absolute Gasteiger partial charge is 0.322 e. The maximum atomic E-state index is 12.7. The molecule has 6 heteroatoms. The number of carbonyl (C=O) groups excluding carboxylic acids is 1. The Labute approximate surface area is 173 Å². The Hall–Kier alpha value is -3.64. The van der Waals surface area contributed by atoms with Crippen LogP contribution in [0.15, 0.2) is 72.8 Å². The van der Waals surface area contributed by atoms with Gasteiger partial charge in [-0.2, -0.15) is 0 Å². The molecule has 1 aliphatic rings. The van der Waals surface area contributed by atoms with E-state index in [4.69, 9.17) is 10.5 Å². The van der Waals surface area contributed by atoms with Crippen molar-refractivity contribution >= 4 is 11.9 Å². The van der Waals surface area contributed by atoms with Crippen molar-refractivity contribution in [1.82, 2.24) is 0 Å². The second kappa shape index (κ2) is 8.00. The van der Waals surface area contributed by atoms with Crippen LogP contribution in [0.2, 0.25) is 0 Å². The first-order chi connectivity index (χ1) is 14.5. The lowest BCUT2D eigenvalue weighted by molar-refractivity contribution is -0.160. The van der Waals surface area contributed by atoms with Crippen molar-refractivity contribution < 1.29 is 24.5 Å². The Morgan fingerprint density at radius 3 is 1.97 bits per heavy atom. The van der Waals surface area contributed by atoms with E-state index in [2.05, 4.69) is 0 Å². The van der Waals surface area contributed by atoms with Gasteiger partial charge in [0.05, 0.1) is 6.04 Å². The predicted octanol–water partition coefficient (Wildman–Crippen LogP) is 3.45. The zero-order valence-electron chi connectivity index (χ0n) is 16.1. The van der Waals surface area contributed by atoms with E-state index in [1.165, 1.54) is 24.3 Å². The molecule has 4 rings (SSSR count). The number of carboxylic acids is 1. The van der Waals surface area contributed by atoms with Gasteiger partial charge in [-0.3, -0.25) is 9.59 Å². The number of esters is 1. The van der Waals surface area contributed by atoms with E-state index >= 15 is 0 Å². The number of aromatic hydroxyl groups is 1. The molecule has 0 heterocycles. The quantitative estimate of drug-likeness (QED) is 0.430. The summed E-state index contributed by atoms with van der Waals surface area (Å²) in [5.41, 5.74) is 10.8. The van der Waals surface area contributed by atoms with Crippen LogP contribution in [0, 0.1) is 5.92 Å². The number of carbonyl (C=O) groups is 2. The number of hydrogen-bond donors (Lipinski definition) is 3. The zero-order valence-corrected chi connectivity index (χ0v) is 16.1. The van der Waals surface area contributed by atoms with Crippen LogP contribution in [0.4, 0.5) is 0 Å². The molecule has 3 aromatic carbocycles. The Kier molecular flexibility index (Phi) is 5.25. The van der Waals surface area contributed by atoms with Gasteiger partial charge in [0.25, 0.3) is 0 Å². The summed E-state index contributed by atoms with van der Waals surface area (Å²) in [4.78, 5) is 24.5. The van der Waals surface area contributed by atoms with Crippen LogP contribution in [-0.2, 0) is 14.3 Å². The number of carboxylic acid groups (broad SMARTS) is 1. The third-order valence-corrected chi connectivity index (χ3v) is 5.51. The Bertz CT molecular complexity index is 1050. The van der Waals surface area contributed by atoms with Gasteiger partial charge in [-0.25, -0.2) is 0 Å². The molecule has 0 spiro atoms. The third kappa shape index (κ3) is 3.53. The highest BCUT2D eigenvalue weighted by Gasteiger charge is 2.37. The van der Waals surface area contributed by atoms with Crippen LogP contribution < -0.4 is 5.73 Å². The van der Waals surface area contributed by atoms with Crippen molar-refractivity contribution in [1.29, 1.82) is 0 Å². The maximum absolute atomic E-state index is 12.7. The number of aliphatic carboxylic acids is 1. The highest BCUT2D eigenvalue weighted by atomic mass is 16.5. The van der Waals surface area contributed by atoms with Crippen LogP contribution in [0.1, 0.15) is 28.7 Å². The van der Waals surface area contributed by atoms with Crippen molar-refractivity contribution in [3.63, 3.8) is 0 Å². The fourth-order valence-electron chi connectivity index (χ4n) is 3.98. The first-order valence-electron chi connectivity index (χ1n) is 9.59. The maximum Gasteiger partial charge on any atom is 0.322 e. The predicted molar refractivity (Wildman–Crippen MR) is 111 cm³/mol. The van der Waals surface area contributed by atoms with Gasteiger partial charge < -0.3 is 20.7 Å². The van der Waals surface area contributed by atoms with Gasteiger partial charge in [0.2, 0.25) is 0 Å². The summed E-state index contributed by atoms with van der Waals surface area (Å²) in [5, 5.41) is 19.0. The first kappa shape index (κ1) is 19.7. The molecular weight excluding hydrogens is 382 g/mol. The molecule has 1 unspecified atom stereocenters. The number of rotatable bonds is 6. The molecule has 6 nitrogen and oxygen atoms in total. The Morgan fingerprint density at radius 2 is 1.43 bits per heavy atom. The lowest BCUT2D eigenvalue weighted by atomic mass is 9.93. The molecular formula is C24H21NO5. The number of benzene rings is 3. The molecule has 3 aromatic rings. The molecule has 152 valence electrons. The molecule has 0 fully saturated rings. The number of phenolic OH excluding ortho intramolecular Hbond substituents is 1. The van der Waals surface area contributed by atoms with Crippen LogP contribution in [0.3, 0.4) is 0 Å². The highest BCUT2D eigenvalue weighted by molar-refractivity contribution is 5.95. The van der Waals surface area contributed by atoms with Crippen molar-refractivity contribution in [3.8, 4) is 16.9 Å². The van der Waals surface area contributed by atoms with Crippen molar-refractivity contribution in [2.24, 2.45) is 11.7 Å². The number of fused-ring (bicyclic) bond motifs is 3. The molecule has 0 bridgehead atoms. The molecule has 0 saturated carbocycles. The lowest BCUT2D eigenvalue weighted by Gasteiger charge is -2.21. The second-order valence-electron chi connectivity index (χ2n) is 7.29.